The number of rotatable bonds is 6. The Morgan fingerprint density at radius 1 is 1.43 bits per heavy atom. The summed E-state index contributed by atoms with van der Waals surface area (Å²) in [4.78, 5) is 2.45. The van der Waals surface area contributed by atoms with Crippen LogP contribution in [0.1, 0.15) is 32.1 Å². The van der Waals surface area contributed by atoms with Crippen molar-refractivity contribution < 1.29 is 5.11 Å². The third kappa shape index (κ3) is 3.56. The van der Waals surface area contributed by atoms with Crippen LogP contribution in [0.2, 0.25) is 0 Å². The third-order valence-corrected chi connectivity index (χ3v) is 3.41. The minimum atomic E-state index is 0.245. The van der Waals surface area contributed by atoms with E-state index in [2.05, 4.69) is 17.3 Å². The predicted octanol–water partition coefficient (Wildman–Crippen LogP) is 0.831. The van der Waals surface area contributed by atoms with Gasteiger partial charge in [-0.1, -0.05) is 12.8 Å². The Kier molecular flexibility index (Phi) is 5.45. The summed E-state index contributed by atoms with van der Waals surface area (Å²) in [5.41, 5.74) is 0. The van der Waals surface area contributed by atoms with E-state index in [0.29, 0.717) is 0 Å². The van der Waals surface area contributed by atoms with Crippen molar-refractivity contribution in [1.29, 1.82) is 0 Å². The van der Waals surface area contributed by atoms with Gasteiger partial charge in [-0.3, -0.25) is 0 Å². The van der Waals surface area contributed by atoms with E-state index in [1.54, 1.807) is 0 Å². The van der Waals surface area contributed by atoms with E-state index >= 15 is 0 Å². The van der Waals surface area contributed by atoms with Crippen molar-refractivity contribution in [3.63, 3.8) is 0 Å². The number of hydrogen-bond donors (Lipinski definition) is 2. The lowest BCUT2D eigenvalue weighted by molar-refractivity contribution is 0.199. The molecule has 1 fully saturated rings. The van der Waals surface area contributed by atoms with Crippen molar-refractivity contribution in [2.45, 2.75) is 44.2 Å². The molecule has 0 aromatic carbocycles. The van der Waals surface area contributed by atoms with E-state index in [9.17, 15) is 0 Å². The molecule has 84 valence electrons. The van der Waals surface area contributed by atoms with Crippen molar-refractivity contribution in [2.75, 3.05) is 27.2 Å². The van der Waals surface area contributed by atoms with Gasteiger partial charge < -0.3 is 15.3 Å². The van der Waals surface area contributed by atoms with Crippen molar-refractivity contribution in [3.05, 3.63) is 0 Å². The molecule has 0 radical (unpaired) electrons. The van der Waals surface area contributed by atoms with E-state index in [1.165, 1.54) is 25.7 Å². The zero-order valence-electron chi connectivity index (χ0n) is 9.50. The zero-order chi connectivity index (χ0) is 10.4. The molecule has 1 rings (SSSR count). The van der Waals surface area contributed by atoms with Gasteiger partial charge >= 0.3 is 0 Å². The second kappa shape index (κ2) is 6.38. The van der Waals surface area contributed by atoms with Crippen LogP contribution in [0.5, 0.6) is 0 Å². The quantitative estimate of drug-likeness (QED) is 0.667. The Morgan fingerprint density at radius 3 is 2.57 bits per heavy atom. The fraction of sp³-hybridized carbons (Fsp3) is 1.00. The van der Waals surface area contributed by atoms with Gasteiger partial charge in [-0.05, 0) is 39.9 Å². The molecular formula is C11H24N2O. The SMILES string of the molecule is CNC(CO)CCN(C)C1CCCC1. The van der Waals surface area contributed by atoms with Crippen LogP contribution in [0.25, 0.3) is 0 Å². The largest absolute Gasteiger partial charge is 0.395 e. The van der Waals surface area contributed by atoms with Gasteiger partial charge in [0.2, 0.25) is 0 Å². The van der Waals surface area contributed by atoms with Gasteiger partial charge in [-0.2, -0.15) is 0 Å². The monoisotopic (exact) mass is 200 g/mol. The highest BCUT2D eigenvalue weighted by Gasteiger charge is 2.19. The first-order chi connectivity index (χ1) is 6.77. The summed E-state index contributed by atoms with van der Waals surface area (Å²) in [5.74, 6) is 0. The minimum absolute atomic E-state index is 0.245. The molecule has 0 heterocycles. The van der Waals surface area contributed by atoms with E-state index in [-0.39, 0.29) is 12.6 Å². The summed E-state index contributed by atoms with van der Waals surface area (Å²) in [5, 5.41) is 12.1. The summed E-state index contributed by atoms with van der Waals surface area (Å²) in [6.07, 6.45) is 6.55. The molecule has 1 aliphatic carbocycles. The molecule has 1 unspecified atom stereocenters. The number of likely N-dealkylation sites (N-methyl/N-ethyl adjacent to an activating group) is 1. The predicted molar refractivity (Wildman–Crippen MR) is 59.4 cm³/mol. The third-order valence-electron chi connectivity index (χ3n) is 3.41. The Morgan fingerprint density at radius 2 is 2.07 bits per heavy atom. The van der Waals surface area contributed by atoms with Crippen LogP contribution in [0.3, 0.4) is 0 Å². The first-order valence-electron chi connectivity index (χ1n) is 5.76. The van der Waals surface area contributed by atoms with Gasteiger partial charge in [-0.15, -0.1) is 0 Å². The normalized spacial score (nSPS) is 20.6. The maximum absolute atomic E-state index is 9.02. The molecule has 2 N–H and O–H groups in total. The maximum atomic E-state index is 9.02. The van der Waals surface area contributed by atoms with Crippen LogP contribution in [0.4, 0.5) is 0 Å². The summed E-state index contributed by atoms with van der Waals surface area (Å²) in [6.45, 7) is 1.34. The molecule has 1 atom stereocenters. The van der Waals surface area contributed by atoms with E-state index < -0.39 is 0 Å². The lowest BCUT2D eigenvalue weighted by Crippen LogP contribution is -2.36. The topological polar surface area (TPSA) is 35.5 Å². The number of aliphatic hydroxyl groups excluding tert-OH is 1. The Balaban J connectivity index is 2.15. The van der Waals surface area contributed by atoms with Crippen LogP contribution >= 0.6 is 0 Å². The molecule has 1 aliphatic rings. The first-order valence-corrected chi connectivity index (χ1v) is 5.76. The average molecular weight is 200 g/mol. The highest BCUT2D eigenvalue weighted by atomic mass is 16.3. The van der Waals surface area contributed by atoms with Crippen LogP contribution < -0.4 is 5.32 Å². The molecule has 0 aromatic rings. The Labute approximate surface area is 87.5 Å². The van der Waals surface area contributed by atoms with Gasteiger partial charge in [0.15, 0.2) is 0 Å². The van der Waals surface area contributed by atoms with E-state index in [0.717, 1.165) is 19.0 Å². The van der Waals surface area contributed by atoms with Crippen LogP contribution in [0.15, 0.2) is 0 Å². The van der Waals surface area contributed by atoms with Crippen molar-refractivity contribution in [1.82, 2.24) is 10.2 Å². The number of aliphatic hydroxyl groups is 1. The van der Waals surface area contributed by atoms with Gasteiger partial charge in [0, 0.05) is 12.1 Å². The molecule has 0 aliphatic heterocycles. The van der Waals surface area contributed by atoms with Gasteiger partial charge in [0.25, 0.3) is 0 Å². The second-order valence-electron chi connectivity index (χ2n) is 4.38. The molecule has 0 saturated heterocycles. The Hall–Kier alpha value is -0.120. The highest BCUT2D eigenvalue weighted by molar-refractivity contribution is 4.76. The number of hydrogen-bond acceptors (Lipinski definition) is 3. The zero-order valence-corrected chi connectivity index (χ0v) is 9.50. The van der Waals surface area contributed by atoms with Crippen molar-refractivity contribution in [2.24, 2.45) is 0 Å². The fourth-order valence-corrected chi connectivity index (χ4v) is 2.21. The Bertz CT molecular complexity index is 142. The molecule has 0 aromatic heterocycles. The molecular weight excluding hydrogens is 176 g/mol. The fourth-order valence-electron chi connectivity index (χ4n) is 2.21. The van der Waals surface area contributed by atoms with E-state index in [1.807, 2.05) is 7.05 Å². The summed E-state index contributed by atoms with van der Waals surface area (Å²) < 4.78 is 0. The van der Waals surface area contributed by atoms with Gasteiger partial charge in [0.05, 0.1) is 6.61 Å². The van der Waals surface area contributed by atoms with Gasteiger partial charge in [-0.25, -0.2) is 0 Å². The molecule has 0 amide bonds. The van der Waals surface area contributed by atoms with Gasteiger partial charge in [0.1, 0.15) is 0 Å². The van der Waals surface area contributed by atoms with E-state index in [4.69, 9.17) is 5.11 Å². The van der Waals surface area contributed by atoms with Crippen molar-refractivity contribution >= 4 is 0 Å². The smallest absolute Gasteiger partial charge is 0.0585 e. The maximum Gasteiger partial charge on any atom is 0.0585 e. The molecule has 1 saturated carbocycles. The van der Waals surface area contributed by atoms with Crippen molar-refractivity contribution in [3.8, 4) is 0 Å². The van der Waals surface area contributed by atoms with Crippen LogP contribution in [-0.2, 0) is 0 Å². The molecule has 3 nitrogen and oxygen atoms in total. The summed E-state index contributed by atoms with van der Waals surface area (Å²) >= 11 is 0. The highest BCUT2D eigenvalue weighted by Crippen LogP contribution is 2.22. The standard InChI is InChI=1S/C11H24N2O/c1-12-10(9-14)7-8-13(2)11-5-3-4-6-11/h10-12,14H,3-9H2,1-2H3. The molecule has 0 spiro atoms. The lowest BCUT2D eigenvalue weighted by Gasteiger charge is -2.25. The summed E-state index contributed by atoms with van der Waals surface area (Å²) in [7, 11) is 4.12. The number of nitrogens with zero attached hydrogens (tertiary/aromatic N) is 1. The summed E-state index contributed by atoms with van der Waals surface area (Å²) in [6, 6.07) is 1.06. The van der Waals surface area contributed by atoms with Crippen LogP contribution in [-0.4, -0.2) is 49.3 Å². The average Bonchev–Trinajstić information content (AvgIpc) is 2.72. The molecule has 3 heteroatoms. The first kappa shape index (κ1) is 12.0. The lowest BCUT2D eigenvalue weighted by atomic mass is 10.1. The number of nitrogens with one attached hydrogen (secondary N) is 1. The molecule has 0 bridgehead atoms. The van der Waals surface area contributed by atoms with Crippen LogP contribution in [0, 0.1) is 0 Å². The minimum Gasteiger partial charge on any atom is -0.395 e. The molecule has 14 heavy (non-hydrogen) atoms. The second-order valence-corrected chi connectivity index (χ2v) is 4.38.